The predicted octanol–water partition coefficient (Wildman–Crippen LogP) is 4.73. The first-order chi connectivity index (χ1) is 13.9. The first-order valence-electron chi connectivity index (χ1n) is 9.49. The summed E-state index contributed by atoms with van der Waals surface area (Å²) >= 11 is 6.45. The van der Waals surface area contributed by atoms with E-state index in [1.807, 2.05) is 45.0 Å². The molecule has 6 nitrogen and oxygen atoms in total. The van der Waals surface area contributed by atoms with Crippen LogP contribution in [-0.4, -0.2) is 42.4 Å². The van der Waals surface area contributed by atoms with Crippen LogP contribution in [0.15, 0.2) is 47.4 Å². The number of benzene rings is 2. The van der Waals surface area contributed by atoms with Crippen molar-refractivity contribution >= 4 is 43.8 Å². The monoisotopic (exact) mass is 433 g/mol. The Morgan fingerprint density at radius 3 is 2.45 bits per heavy atom. The summed E-state index contributed by atoms with van der Waals surface area (Å²) in [7, 11) is -3.54. The van der Waals surface area contributed by atoms with E-state index in [0.29, 0.717) is 41.6 Å². The fraction of sp³-hybridized carbons (Fsp3) is 0.286. The number of aromatic amines is 1. The molecule has 2 aromatic carbocycles. The molecule has 0 saturated carbocycles. The lowest BCUT2D eigenvalue weighted by Crippen LogP contribution is -2.30. The van der Waals surface area contributed by atoms with Gasteiger partial charge in [0.2, 0.25) is 10.0 Å². The third kappa shape index (κ3) is 4.63. The Kier molecular flexibility index (Phi) is 6.62. The van der Waals surface area contributed by atoms with Crippen LogP contribution < -0.4 is 4.74 Å². The summed E-state index contributed by atoms with van der Waals surface area (Å²) in [5, 5.41) is 0.429. The molecule has 0 spiro atoms. The van der Waals surface area contributed by atoms with E-state index in [-0.39, 0.29) is 4.90 Å². The second kappa shape index (κ2) is 8.98. The number of hydrogen-bond donors (Lipinski definition) is 1. The quantitative estimate of drug-likeness (QED) is 0.557. The number of nitrogens with one attached hydrogen (secondary N) is 1. The molecule has 0 unspecified atom stereocenters. The molecule has 154 valence electrons. The third-order valence-electron chi connectivity index (χ3n) is 4.51. The molecule has 0 fully saturated rings. The summed E-state index contributed by atoms with van der Waals surface area (Å²) < 4.78 is 32.3. The summed E-state index contributed by atoms with van der Waals surface area (Å²) in [5.41, 5.74) is 2.17. The summed E-state index contributed by atoms with van der Waals surface area (Å²) in [5.74, 6) is 1.28. The van der Waals surface area contributed by atoms with Crippen molar-refractivity contribution in [1.29, 1.82) is 0 Å². The standard InChI is InChI=1S/C21H24ClN3O3S/c1-4-25(5-2)29(26,27)17-11-12-19-20(14-17)24-21(23-19)18(22)13-15-7-9-16(10-8-15)28-6-3/h7-14H,4-6H2,1-3H3,(H,23,24). The molecule has 1 aromatic heterocycles. The van der Waals surface area contributed by atoms with Gasteiger partial charge in [-0.2, -0.15) is 4.31 Å². The van der Waals surface area contributed by atoms with Gasteiger partial charge in [-0.3, -0.25) is 0 Å². The van der Waals surface area contributed by atoms with Crippen LogP contribution in [-0.2, 0) is 10.0 Å². The first-order valence-corrected chi connectivity index (χ1v) is 11.3. The van der Waals surface area contributed by atoms with Gasteiger partial charge in [0.05, 0.1) is 27.6 Å². The van der Waals surface area contributed by atoms with E-state index < -0.39 is 10.0 Å². The van der Waals surface area contributed by atoms with Gasteiger partial charge in [-0.1, -0.05) is 37.6 Å². The molecule has 0 saturated heterocycles. The van der Waals surface area contributed by atoms with Crippen molar-refractivity contribution in [3.8, 4) is 5.75 Å². The van der Waals surface area contributed by atoms with Gasteiger partial charge < -0.3 is 9.72 Å². The fourth-order valence-electron chi connectivity index (χ4n) is 3.02. The van der Waals surface area contributed by atoms with Crippen LogP contribution in [0.4, 0.5) is 0 Å². The number of halogens is 1. The molecular weight excluding hydrogens is 410 g/mol. The molecule has 3 aromatic rings. The van der Waals surface area contributed by atoms with Crippen molar-refractivity contribution in [2.75, 3.05) is 19.7 Å². The van der Waals surface area contributed by atoms with Crippen molar-refractivity contribution < 1.29 is 13.2 Å². The molecule has 0 aliphatic carbocycles. The van der Waals surface area contributed by atoms with Crippen molar-refractivity contribution in [1.82, 2.24) is 14.3 Å². The molecule has 0 aliphatic heterocycles. The SMILES string of the molecule is CCOc1ccc(C=C(Cl)c2nc3ccc(S(=O)(=O)N(CC)CC)cc3[nH]2)cc1. The summed E-state index contributed by atoms with van der Waals surface area (Å²) in [4.78, 5) is 7.82. The zero-order valence-corrected chi connectivity index (χ0v) is 18.2. The number of nitrogens with zero attached hydrogens (tertiary/aromatic N) is 2. The highest BCUT2D eigenvalue weighted by Crippen LogP contribution is 2.26. The average molecular weight is 434 g/mol. The number of aromatic nitrogens is 2. The Balaban J connectivity index is 1.91. The molecule has 8 heteroatoms. The van der Waals surface area contributed by atoms with Crippen LogP contribution in [0.25, 0.3) is 22.1 Å². The van der Waals surface area contributed by atoms with Crippen molar-refractivity contribution in [3.63, 3.8) is 0 Å². The Bertz CT molecular complexity index is 1120. The Morgan fingerprint density at radius 2 is 1.83 bits per heavy atom. The highest BCUT2D eigenvalue weighted by Gasteiger charge is 2.22. The first kappa shape index (κ1) is 21.4. The molecule has 0 bridgehead atoms. The van der Waals surface area contributed by atoms with E-state index in [2.05, 4.69) is 9.97 Å². The van der Waals surface area contributed by atoms with E-state index >= 15 is 0 Å². The highest BCUT2D eigenvalue weighted by atomic mass is 35.5. The number of sulfonamides is 1. The zero-order chi connectivity index (χ0) is 21.0. The van der Waals surface area contributed by atoms with E-state index in [1.54, 1.807) is 24.3 Å². The number of hydrogen-bond acceptors (Lipinski definition) is 4. The van der Waals surface area contributed by atoms with Crippen molar-refractivity contribution in [2.24, 2.45) is 0 Å². The van der Waals surface area contributed by atoms with Gasteiger partial charge in [-0.05, 0) is 48.9 Å². The molecule has 0 radical (unpaired) electrons. The van der Waals surface area contributed by atoms with Crippen LogP contribution in [0.2, 0.25) is 0 Å². The molecule has 3 rings (SSSR count). The lowest BCUT2D eigenvalue weighted by Gasteiger charge is -2.18. The van der Waals surface area contributed by atoms with Crippen LogP contribution in [0.1, 0.15) is 32.2 Å². The number of imidazole rings is 1. The maximum Gasteiger partial charge on any atom is 0.243 e. The lowest BCUT2D eigenvalue weighted by molar-refractivity contribution is 0.340. The van der Waals surface area contributed by atoms with Gasteiger partial charge in [-0.15, -0.1) is 0 Å². The largest absolute Gasteiger partial charge is 0.494 e. The normalized spacial score (nSPS) is 12.7. The maximum absolute atomic E-state index is 12.7. The van der Waals surface area contributed by atoms with Crippen molar-refractivity contribution in [3.05, 3.63) is 53.9 Å². The molecule has 29 heavy (non-hydrogen) atoms. The zero-order valence-electron chi connectivity index (χ0n) is 16.6. The number of ether oxygens (including phenoxy) is 1. The minimum atomic E-state index is -3.54. The van der Waals surface area contributed by atoms with E-state index in [9.17, 15) is 8.42 Å². The summed E-state index contributed by atoms with van der Waals surface area (Å²) in [6, 6.07) is 12.4. The predicted molar refractivity (Wildman–Crippen MR) is 118 cm³/mol. The van der Waals surface area contributed by atoms with Crippen LogP contribution in [0.3, 0.4) is 0 Å². The minimum absolute atomic E-state index is 0.232. The maximum atomic E-state index is 12.7. The summed E-state index contributed by atoms with van der Waals surface area (Å²) in [6.45, 7) is 7.02. The number of rotatable bonds is 8. The van der Waals surface area contributed by atoms with Gasteiger partial charge in [0.1, 0.15) is 11.6 Å². The second-order valence-corrected chi connectivity index (χ2v) is 8.69. The molecule has 0 aliphatic rings. The van der Waals surface area contributed by atoms with Gasteiger partial charge in [0.15, 0.2) is 0 Å². The van der Waals surface area contributed by atoms with Gasteiger partial charge >= 0.3 is 0 Å². The second-order valence-electron chi connectivity index (χ2n) is 6.35. The highest BCUT2D eigenvalue weighted by molar-refractivity contribution is 7.89. The Labute approximate surface area is 176 Å². The van der Waals surface area contributed by atoms with E-state index in [4.69, 9.17) is 16.3 Å². The average Bonchev–Trinajstić information content (AvgIpc) is 3.14. The summed E-state index contributed by atoms with van der Waals surface area (Å²) in [6.07, 6.45) is 1.79. The lowest BCUT2D eigenvalue weighted by atomic mass is 10.2. The molecule has 1 N–H and O–H groups in total. The minimum Gasteiger partial charge on any atom is -0.494 e. The van der Waals surface area contributed by atoms with E-state index in [1.165, 1.54) is 4.31 Å². The van der Waals surface area contributed by atoms with Crippen molar-refractivity contribution in [2.45, 2.75) is 25.7 Å². The number of fused-ring (bicyclic) bond motifs is 1. The smallest absolute Gasteiger partial charge is 0.243 e. The van der Waals surface area contributed by atoms with Crippen LogP contribution >= 0.6 is 11.6 Å². The molecule has 0 atom stereocenters. The topological polar surface area (TPSA) is 75.3 Å². The molecule has 0 amide bonds. The Morgan fingerprint density at radius 1 is 1.14 bits per heavy atom. The van der Waals surface area contributed by atoms with Crippen LogP contribution in [0.5, 0.6) is 5.75 Å². The molecule has 1 heterocycles. The van der Waals surface area contributed by atoms with Gasteiger partial charge in [0, 0.05) is 13.1 Å². The van der Waals surface area contributed by atoms with Crippen LogP contribution in [0, 0.1) is 0 Å². The Hall–Kier alpha value is -2.35. The van der Waals surface area contributed by atoms with Gasteiger partial charge in [-0.25, -0.2) is 13.4 Å². The fourth-order valence-corrected chi connectivity index (χ4v) is 4.72. The third-order valence-corrected chi connectivity index (χ3v) is 6.84. The number of H-pyrrole nitrogens is 1. The van der Waals surface area contributed by atoms with Gasteiger partial charge in [0.25, 0.3) is 0 Å². The molecular formula is C21H24ClN3O3S. The van der Waals surface area contributed by atoms with E-state index in [0.717, 1.165) is 11.3 Å².